The van der Waals surface area contributed by atoms with Crippen molar-refractivity contribution in [3.8, 4) is 5.92 Å². The van der Waals surface area contributed by atoms with Crippen molar-refractivity contribution >= 4 is 47.7 Å². The van der Waals surface area contributed by atoms with E-state index in [4.69, 9.17) is 6.42 Å². The molecule has 0 saturated carbocycles. The fraction of sp³-hybridized carbons (Fsp3) is 0.0204. The van der Waals surface area contributed by atoms with E-state index in [-0.39, 0.29) is 20.1 Å². The molecule has 7 aromatic carbocycles. The molecule has 0 amide bonds. The molecule has 0 unspecified atom stereocenters. The molecule has 0 aliphatic rings. The van der Waals surface area contributed by atoms with Gasteiger partial charge in [0, 0.05) is 20.1 Å². The SMILES string of the molecule is C=CC=C.[C-]#Cc1ccc(C)cc1.[Ir].c1ccc(P(c2ccccc2)c2ccccc2)cc1.c1ccc(P(c2ccccc2)c2ccccc2)cc1. The average Bonchev–Trinajstić information content (AvgIpc) is 3.21. The van der Waals surface area contributed by atoms with E-state index in [0.29, 0.717) is 0 Å². The zero-order valence-corrected chi connectivity index (χ0v) is 33.6. The van der Waals surface area contributed by atoms with Crippen LogP contribution in [0.15, 0.2) is 232 Å². The summed E-state index contributed by atoms with van der Waals surface area (Å²) in [5, 5.41) is 8.39. The molecule has 0 bridgehead atoms. The smallest absolute Gasteiger partial charge is 0 e. The van der Waals surface area contributed by atoms with Gasteiger partial charge in [-0.2, -0.15) is 0 Å². The summed E-state index contributed by atoms with van der Waals surface area (Å²) in [6.07, 6.45) is 10.0. The summed E-state index contributed by atoms with van der Waals surface area (Å²) >= 11 is 0. The van der Waals surface area contributed by atoms with Crippen molar-refractivity contribution in [3.63, 3.8) is 0 Å². The largest absolute Gasteiger partial charge is 0.366 e. The molecule has 259 valence electrons. The standard InChI is InChI=1S/2C18H15P.C9H7.C4H6.Ir/c2*1-4-10-16(11-5-1)19(17-12-6-2-7-13-17)18-14-8-3-9-15-18;1-3-9-6-4-8(2)5-7-9;1-3-4-2;/h2*1-15H;4-7H,2H3;3-4H,1-2H2;/q;;-1;;. The van der Waals surface area contributed by atoms with Gasteiger partial charge < -0.3 is 6.42 Å². The van der Waals surface area contributed by atoms with Gasteiger partial charge in [0.1, 0.15) is 0 Å². The number of allylic oxidation sites excluding steroid dienone is 2. The van der Waals surface area contributed by atoms with Crippen LogP contribution in [0, 0.1) is 19.3 Å². The molecular formula is C49H43IrP2-. The van der Waals surface area contributed by atoms with Crippen LogP contribution in [0.25, 0.3) is 0 Å². The molecule has 0 aliphatic carbocycles. The third-order valence-corrected chi connectivity index (χ3v) is 12.3. The Kier molecular flexibility index (Phi) is 19.4. The van der Waals surface area contributed by atoms with Crippen LogP contribution in [-0.2, 0) is 20.1 Å². The number of hydrogen-bond donors (Lipinski definition) is 0. The molecule has 7 aromatic rings. The van der Waals surface area contributed by atoms with Crippen LogP contribution in [0.2, 0.25) is 0 Å². The molecule has 0 N–H and O–H groups in total. The van der Waals surface area contributed by atoms with Gasteiger partial charge in [-0.15, -0.1) is 17.7 Å². The summed E-state index contributed by atoms with van der Waals surface area (Å²) < 4.78 is 0. The molecule has 0 spiro atoms. The molecule has 0 aliphatic heterocycles. The van der Waals surface area contributed by atoms with Gasteiger partial charge in [-0.1, -0.05) is 225 Å². The van der Waals surface area contributed by atoms with Crippen LogP contribution < -0.4 is 31.8 Å². The minimum atomic E-state index is -0.446. The van der Waals surface area contributed by atoms with E-state index >= 15 is 0 Å². The Hall–Kier alpha value is -4.91. The van der Waals surface area contributed by atoms with Crippen molar-refractivity contribution in [2.45, 2.75) is 6.92 Å². The fourth-order valence-electron chi connectivity index (χ4n) is 4.99. The van der Waals surface area contributed by atoms with Crippen LogP contribution in [0.5, 0.6) is 0 Å². The summed E-state index contributed by atoms with van der Waals surface area (Å²) in [7, 11) is -0.892. The van der Waals surface area contributed by atoms with Crippen molar-refractivity contribution < 1.29 is 20.1 Å². The molecule has 0 heterocycles. The number of aryl methyl sites for hydroxylation is 1. The van der Waals surface area contributed by atoms with Crippen molar-refractivity contribution in [2.75, 3.05) is 0 Å². The monoisotopic (exact) mass is 886 g/mol. The maximum Gasteiger partial charge on any atom is 0 e. The predicted molar refractivity (Wildman–Crippen MR) is 228 cm³/mol. The number of benzene rings is 7. The minimum Gasteiger partial charge on any atom is -0.366 e. The van der Waals surface area contributed by atoms with Crippen molar-refractivity contribution in [3.05, 3.63) is 249 Å². The van der Waals surface area contributed by atoms with Crippen LogP contribution >= 0.6 is 15.8 Å². The van der Waals surface area contributed by atoms with E-state index in [1.165, 1.54) is 37.4 Å². The van der Waals surface area contributed by atoms with Gasteiger partial charge in [-0.25, -0.2) is 0 Å². The molecule has 1 radical (unpaired) electrons. The molecule has 0 saturated heterocycles. The van der Waals surface area contributed by atoms with Gasteiger partial charge in [0.15, 0.2) is 0 Å². The van der Waals surface area contributed by atoms with Crippen LogP contribution in [-0.4, -0.2) is 0 Å². The Morgan fingerprint density at radius 2 is 0.596 bits per heavy atom. The van der Waals surface area contributed by atoms with Crippen molar-refractivity contribution in [1.82, 2.24) is 0 Å². The van der Waals surface area contributed by atoms with Gasteiger partial charge in [0.25, 0.3) is 0 Å². The van der Waals surface area contributed by atoms with E-state index in [2.05, 4.69) is 201 Å². The summed E-state index contributed by atoms with van der Waals surface area (Å²) in [6.45, 7) is 8.74. The fourth-order valence-corrected chi connectivity index (χ4v) is 9.60. The number of rotatable bonds is 7. The Balaban J connectivity index is 0.000000209. The molecule has 0 fully saturated rings. The first-order valence-corrected chi connectivity index (χ1v) is 19.5. The average molecular weight is 886 g/mol. The molecule has 0 nitrogen and oxygen atoms in total. The Bertz CT molecular complexity index is 1700. The first-order chi connectivity index (χ1) is 25.1. The van der Waals surface area contributed by atoms with E-state index in [0.717, 1.165) is 5.56 Å². The predicted octanol–water partition coefficient (Wildman–Crippen LogP) is 10.2. The van der Waals surface area contributed by atoms with E-state index in [9.17, 15) is 0 Å². The molecule has 0 atom stereocenters. The van der Waals surface area contributed by atoms with Gasteiger partial charge in [-0.05, 0) is 54.6 Å². The zero-order valence-electron chi connectivity index (χ0n) is 29.4. The second-order valence-corrected chi connectivity index (χ2v) is 15.6. The van der Waals surface area contributed by atoms with Crippen molar-refractivity contribution in [1.29, 1.82) is 0 Å². The summed E-state index contributed by atoms with van der Waals surface area (Å²) in [5.41, 5.74) is 2.05. The van der Waals surface area contributed by atoms with E-state index in [1.54, 1.807) is 12.2 Å². The van der Waals surface area contributed by atoms with Gasteiger partial charge in [0.05, 0.1) is 0 Å². The van der Waals surface area contributed by atoms with Crippen LogP contribution in [0.3, 0.4) is 0 Å². The quantitative estimate of drug-likeness (QED) is 0.0648. The number of hydrogen-bond acceptors (Lipinski definition) is 0. The zero-order chi connectivity index (χ0) is 35.9. The molecule has 3 heteroatoms. The normalized spacial score (nSPS) is 9.58. The Morgan fingerprint density at radius 3 is 0.769 bits per heavy atom. The molecule has 52 heavy (non-hydrogen) atoms. The Labute approximate surface area is 327 Å². The van der Waals surface area contributed by atoms with Gasteiger partial charge in [0.2, 0.25) is 0 Å². The second-order valence-electron chi connectivity index (χ2n) is 11.1. The molecular weight excluding hydrogens is 843 g/mol. The van der Waals surface area contributed by atoms with E-state index in [1.807, 2.05) is 31.2 Å². The van der Waals surface area contributed by atoms with Crippen molar-refractivity contribution in [2.24, 2.45) is 0 Å². The molecule has 7 rings (SSSR count). The summed E-state index contributed by atoms with van der Waals surface area (Å²) in [4.78, 5) is 0. The third-order valence-electron chi connectivity index (χ3n) is 7.45. The molecule has 0 aromatic heterocycles. The Morgan fingerprint density at radius 1 is 0.385 bits per heavy atom. The van der Waals surface area contributed by atoms with Gasteiger partial charge >= 0.3 is 0 Å². The topological polar surface area (TPSA) is 0 Å². The first-order valence-electron chi connectivity index (χ1n) is 16.8. The maximum atomic E-state index is 6.76. The van der Waals surface area contributed by atoms with Crippen LogP contribution in [0.1, 0.15) is 11.1 Å². The summed E-state index contributed by atoms with van der Waals surface area (Å²) in [5.74, 6) is 2.30. The van der Waals surface area contributed by atoms with E-state index < -0.39 is 15.8 Å². The van der Waals surface area contributed by atoms with Crippen LogP contribution in [0.4, 0.5) is 0 Å². The maximum absolute atomic E-state index is 6.76. The van der Waals surface area contributed by atoms with Gasteiger partial charge in [-0.3, -0.25) is 5.92 Å². The summed E-state index contributed by atoms with van der Waals surface area (Å²) in [6, 6.07) is 72.3. The minimum absolute atomic E-state index is 0. The first kappa shape index (κ1) is 41.5. The third kappa shape index (κ3) is 13.7. The second kappa shape index (κ2) is 24.3.